The van der Waals surface area contributed by atoms with E-state index in [1.807, 2.05) is 11.9 Å². The summed E-state index contributed by atoms with van der Waals surface area (Å²) in [6.07, 6.45) is 3.63. The molecule has 1 aliphatic rings. The molecule has 0 radical (unpaired) electrons. The lowest BCUT2D eigenvalue weighted by Crippen LogP contribution is -2.35. The van der Waals surface area contributed by atoms with E-state index in [0.29, 0.717) is 18.2 Å². The Kier molecular flexibility index (Phi) is 6.03. The minimum atomic E-state index is 0.196. The van der Waals surface area contributed by atoms with Gasteiger partial charge in [0, 0.05) is 32.5 Å². The Bertz CT molecular complexity index is 193. The largest absolute Gasteiger partial charge is 0.381 e. The van der Waals surface area contributed by atoms with E-state index in [-0.39, 0.29) is 5.91 Å². The van der Waals surface area contributed by atoms with Gasteiger partial charge >= 0.3 is 0 Å². The second-order valence-corrected chi connectivity index (χ2v) is 4.53. The molecule has 0 N–H and O–H groups in total. The summed E-state index contributed by atoms with van der Waals surface area (Å²) in [6.45, 7) is 2.49. The molecule has 0 aromatic rings. The third-order valence-electron chi connectivity index (χ3n) is 2.74. The molecule has 1 unspecified atom stereocenters. The Hall–Kier alpha value is -0.280. The molecule has 4 heteroatoms. The van der Waals surface area contributed by atoms with E-state index >= 15 is 0 Å². The van der Waals surface area contributed by atoms with Crippen molar-refractivity contribution in [3.8, 4) is 0 Å². The van der Waals surface area contributed by atoms with Crippen molar-refractivity contribution in [1.29, 1.82) is 0 Å². The van der Waals surface area contributed by atoms with Crippen LogP contribution in [0.2, 0.25) is 0 Å². The zero-order valence-corrected chi connectivity index (χ0v) is 10.1. The van der Waals surface area contributed by atoms with Gasteiger partial charge in [-0.15, -0.1) is 11.6 Å². The number of alkyl halides is 1. The first kappa shape index (κ1) is 12.8. The number of halogens is 1. The summed E-state index contributed by atoms with van der Waals surface area (Å²) in [5.41, 5.74) is 0. The minimum Gasteiger partial charge on any atom is -0.381 e. The van der Waals surface area contributed by atoms with Gasteiger partial charge in [0.05, 0.1) is 6.61 Å². The second kappa shape index (κ2) is 7.07. The zero-order chi connectivity index (χ0) is 11.1. The van der Waals surface area contributed by atoms with E-state index in [2.05, 4.69) is 0 Å². The molecular weight excluding hydrogens is 214 g/mol. The Morgan fingerprint density at radius 2 is 2.40 bits per heavy atom. The summed E-state index contributed by atoms with van der Waals surface area (Å²) in [7, 11) is 1.87. The van der Waals surface area contributed by atoms with Gasteiger partial charge in [-0.1, -0.05) is 0 Å². The number of hydrogen-bond acceptors (Lipinski definition) is 2. The molecule has 1 atom stereocenters. The van der Waals surface area contributed by atoms with Gasteiger partial charge < -0.3 is 9.64 Å². The SMILES string of the molecule is CN(CC1CCCOC1)C(=O)CCCCl. The van der Waals surface area contributed by atoms with Gasteiger partial charge in [-0.2, -0.15) is 0 Å². The van der Waals surface area contributed by atoms with Gasteiger partial charge in [0.1, 0.15) is 0 Å². The van der Waals surface area contributed by atoms with Gasteiger partial charge in [-0.3, -0.25) is 4.79 Å². The van der Waals surface area contributed by atoms with Crippen LogP contribution in [0.3, 0.4) is 0 Å². The molecule has 1 heterocycles. The lowest BCUT2D eigenvalue weighted by Gasteiger charge is -2.27. The number of ether oxygens (including phenoxy) is 1. The lowest BCUT2D eigenvalue weighted by atomic mass is 10.0. The molecule has 1 amide bonds. The second-order valence-electron chi connectivity index (χ2n) is 4.15. The molecule has 0 spiro atoms. The molecule has 1 rings (SSSR count). The monoisotopic (exact) mass is 233 g/mol. The predicted molar refractivity (Wildman–Crippen MR) is 61.1 cm³/mol. The highest BCUT2D eigenvalue weighted by molar-refractivity contribution is 6.17. The predicted octanol–water partition coefficient (Wildman–Crippen LogP) is 1.89. The number of carbonyl (C=O) groups is 1. The van der Waals surface area contributed by atoms with E-state index in [9.17, 15) is 4.79 Å². The van der Waals surface area contributed by atoms with Crippen molar-refractivity contribution in [3.63, 3.8) is 0 Å². The molecule has 88 valence electrons. The van der Waals surface area contributed by atoms with Gasteiger partial charge in [0.15, 0.2) is 0 Å². The summed E-state index contributed by atoms with van der Waals surface area (Å²) in [5, 5.41) is 0. The van der Waals surface area contributed by atoms with Crippen LogP contribution in [0.4, 0.5) is 0 Å². The zero-order valence-electron chi connectivity index (χ0n) is 9.38. The topological polar surface area (TPSA) is 29.5 Å². The van der Waals surface area contributed by atoms with E-state index < -0.39 is 0 Å². The van der Waals surface area contributed by atoms with Crippen LogP contribution in [0.5, 0.6) is 0 Å². The van der Waals surface area contributed by atoms with Crippen LogP contribution in [-0.2, 0) is 9.53 Å². The highest BCUT2D eigenvalue weighted by atomic mass is 35.5. The maximum Gasteiger partial charge on any atom is 0.222 e. The smallest absolute Gasteiger partial charge is 0.222 e. The average Bonchev–Trinajstić information content (AvgIpc) is 2.27. The van der Waals surface area contributed by atoms with Gasteiger partial charge in [0.2, 0.25) is 5.91 Å². The fourth-order valence-electron chi connectivity index (χ4n) is 1.85. The molecule has 0 bridgehead atoms. The maximum absolute atomic E-state index is 11.6. The van der Waals surface area contributed by atoms with Gasteiger partial charge in [-0.25, -0.2) is 0 Å². The minimum absolute atomic E-state index is 0.196. The normalized spacial score (nSPS) is 21.3. The highest BCUT2D eigenvalue weighted by Crippen LogP contribution is 2.14. The Morgan fingerprint density at radius 3 is 3.00 bits per heavy atom. The summed E-state index contributed by atoms with van der Waals surface area (Å²) in [4.78, 5) is 13.4. The highest BCUT2D eigenvalue weighted by Gasteiger charge is 2.18. The summed E-state index contributed by atoms with van der Waals surface area (Å²) < 4.78 is 5.38. The van der Waals surface area contributed by atoms with Crippen molar-refractivity contribution in [2.45, 2.75) is 25.7 Å². The van der Waals surface area contributed by atoms with Crippen molar-refractivity contribution in [1.82, 2.24) is 4.90 Å². The van der Waals surface area contributed by atoms with Crippen LogP contribution in [0.25, 0.3) is 0 Å². The van der Waals surface area contributed by atoms with E-state index in [1.54, 1.807) is 0 Å². The molecule has 0 aliphatic carbocycles. The quantitative estimate of drug-likeness (QED) is 0.679. The molecule has 1 saturated heterocycles. The van der Waals surface area contributed by atoms with Crippen LogP contribution in [0.1, 0.15) is 25.7 Å². The van der Waals surface area contributed by atoms with E-state index in [0.717, 1.165) is 32.6 Å². The van der Waals surface area contributed by atoms with Crippen LogP contribution < -0.4 is 0 Å². The van der Waals surface area contributed by atoms with Crippen LogP contribution >= 0.6 is 11.6 Å². The molecule has 0 aromatic heterocycles. The molecule has 15 heavy (non-hydrogen) atoms. The number of rotatable bonds is 5. The van der Waals surface area contributed by atoms with Crippen molar-refractivity contribution < 1.29 is 9.53 Å². The molecule has 3 nitrogen and oxygen atoms in total. The first-order valence-electron chi connectivity index (χ1n) is 5.61. The van der Waals surface area contributed by atoms with E-state index in [4.69, 9.17) is 16.3 Å². The van der Waals surface area contributed by atoms with Crippen molar-refractivity contribution in [2.24, 2.45) is 5.92 Å². The maximum atomic E-state index is 11.6. The van der Waals surface area contributed by atoms with Gasteiger partial charge in [-0.05, 0) is 25.2 Å². The fraction of sp³-hybridized carbons (Fsp3) is 0.909. The first-order valence-corrected chi connectivity index (χ1v) is 6.15. The summed E-state index contributed by atoms with van der Waals surface area (Å²) >= 11 is 5.55. The molecule has 0 aromatic carbocycles. The van der Waals surface area contributed by atoms with Crippen molar-refractivity contribution in [2.75, 3.05) is 32.7 Å². The standard InChI is InChI=1S/C11H20ClNO2/c1-13(11(14)5-2-6-12)8-10-4-3-7-15-9-10/h10H,2-9H2,1H3. The van der Waals surface area contributed by atoms with Crippen LogP contribution in [-0.4, -0.2) is 43.5 Å². The van der Waals surface area contributed by atoms with Crippen molar-refractivity contribution >= 4 is 17.5 Å². The van der Waals surface area contributed by atoms with Crippen LogP contribution in [0.15, 0.2) is 0 Å². The van der Waals surface area contributed by atoms with Crippen molar-refractivity contribution in [3.05, 3.63) is 0 Å². The van der Waals surface area contributed by atoms with E-state index in [1.165, 1.54) is 6.42 Å². The number of nitrogens with zero attached hydrogens (tertiary/aromatic N) is 1. The number of carbonyl (C=O) groups excluding carboxylic acids is 1. The Labute approximate surface area is 96.7 Å². The Balaban J connectivity index is 2.20. The fourth-order valence-corrected chi connectivity index (χ4v) is 1.98. The lowest BCUT2D eigenvalue weighted by molar-refractivity contribution is -0.131. The third kappa shape index (κ3) is 4.85. The molecule has 1 aliphatic heterocycles. The summed E-state index contributed by atoms with van der Waals surface area (Å²) in [6, 6.07) is 0. The third-order valence-corrected chi connectivity index (χ3v) is 3.00. The van der Waals surface area contributed by atoms with Crippen LogP contribution in [0, 0.1) is 5.92 Å². The molecule has 1 fully saturated rings. The summed E-state index contributed by atoms with van der Waals surface area (Å²) in [5.74, 6) is 1.27. The Morgan fingerprint density at radius 1 is 1.60 bits per heavy atom. The number of amides is 1. The number of hydrogen-bond donors (Lipinski definition) is 0. The van der Waals surface area contributed by atoms with Gasteiger partial charge in [0.25, 0.3) is 0 Å². The first-order chi connectivity index (χ1) is 7.24. The molecule has 0 saturated carbocycles. The molecular formula is C11H20ClNO2. The average molecular weight is 234 g/mol.